The molecule has 0 saturated heterocycles. The standard InChI is InChI=1S/C14H24N2O/c1-11(2)9-17-14(4,5)10-16-13-7-6-12(3)8-15-13/h6-8,11H,9-10H2,1-5H3,(H,15,16). The van der Waals surface area contributed by atoms with Crippen molar-refractivity contribution in [3.8, 4) is 0 Å². The maximum Gasteiger partial charge on any atom is 0.125 e. The van der Waals surface area contributed by atoms with E-state index in [4.69, 9.17) is 4.74 Å². The van der Waals surface area contributed by atoms with E-state index in [-0.39, 0.29) is 5.60 Å². The van der Waals surface area contributed by atoms with Crippen LogP contribution < -0.4 is 5.32 Å². The molecule has 0 aromatic carbocycles. The summed E-state index contributed by atoms with van der Waals surface area (Å²) in [7, 11) is 0. The van der Waals surface area contributed by atoms with Crippen LogP contribution in [0.2, 0.25) is 0 Å². The quantitative estimate of drug-likeness (QED) is 0.823. The Morgan fingerprint density at radius 2 is 2.06 bits per heavy atom. The van der Waals surface area contributed by atoms with Gasteiger partial charge in [0.05, 0.1) is 5.60 Å². The zero-order valence-electron chi connectivity index (χ0n) is 11.6. The smallest absolute Gasteiger partial charge is 0.125 e. The SMILES string of the molecule is Cc1ccc(NCC(C)(C)OCC(C)C)nc1. The van der Waals surface area contributed by atoms with Gasteiger partial charge in [0.25, 0.3) is 0 Å². The van der Waals surface area contributed by atoms with E-state index in [1.54, 1.807) is 0 Å². The summed E-state index contributed by atoms with van der Waals surface area (Å²) in [6, 6.07) is 4.05. The third-order valence-corrected chi connectivity index (χ3v) is 2.41. The van der Waals surface area contributed by atoms with Crippen molar-refractivity contribution in [1.29, 1.82) is 0 Å². The minimum absolute atomic E-state index is 0.170. The summed E-state index contributed by atoms with van der Waals surface area (Å²) in [5, 5.41) is 3.30. The average molecular weight is 236 g/mol. The summed E-state index contributed by atoms with van der Waals surface area (Å²) < 4.78 is 5.85. The van der Waals surface area contributed by atoms with Gasteiger partial charge in [-0.3, -0.25) is 0 Å². The summed E-state index contributed by atoms with van der Waals surface area (Å²) in [5.41, 5.74) is 1.00. The lowest BCUT2D eigenvalue weighted by Crippen LogP contribution is -2.34. The predicted molar refractivity (Wildman–Crippen MR) is 72.3 cm³/mol. The Balaban J connectivity index is 2.40. The molecule has 96 valence electrons. The molecule has 0 unspecified atom stereocenters. The van der Waals surface area contributed by atoms with Gasteiger partial charge < -0.3 is 10.1 Å². The molecular weight excluding hydrogens is 212 g/mol. The number of nitrogens with zero attached hydrogens (tertiary/aromatic N) is 1. The number of rotatable bonds is 6. The number of nitrogens with one attached hydrogen (secondary N) is 1. The zero-order valence-corrected chi connectivity index (χ0v) is 11.6. The molecule has 0 amide bonds. The Morgan fingerprint density at radius 1 is 1.35 bits per heavy atom. The molecule has 0 radical (unpaired) electrons. The first-order valence-corrected chi connectivity index (χ1v) is 6.19. The highest BCUT2D eigenvalue weighted by molar-refractivity contribution is 5.35. The number of hydrogen-bond donors (Lipinski definition) is 1. The largest absolute Gasteiger partial charge is 0.373 e. The molecule has 17 heavy (non-hydrogen) atoms. The summed E-state index contributed by atoms with van der Waals surface area (Å²) in [5.74, 6) is 1.46. The van der Waals surface area contributed by atoms with Gasteiger partial charge in [-0.05, 0) is 38.3 Å². The van der Waals surface area contributed by atoms with Crippen LogP contribution in [0.1, 0.15) is 33.3 Å². The second-order valence-corrected chi connectivity index (χ2v) is 5.54. The Labute approximate surface area is 105 Å². The van der Waals surface area contributed by atoms with E-state index >= 15 is 0 Å². The van der Waals surface area contributed by atoms with Crippen LogP contribution in [0.15, 0.2) is 18.3 Å². The highest BCUT2D eigenvalue weighted by Crippen LogP contribution is 2.13. The van der Waals surface area contributed by atoms with Crippen LogP contribution >= 0.6 is 0 Å². The van der Waals surface area contributed by atoms with Crippen molar-refractivity contribution in [3.05, 3.63) is 23.9 Å². The third kappa shape index (κ3) is 5.68. The molecule has 0 aliphatic carbocycles. The highest BCUT2D eigenvalue weighted by atomic mass is 16.5. The lowest BCUT2D eigenvalue weighted by Gasteiger charge is -2.27. The van der Waals surface area contributed by atoms with E-state index in [0.717, 1.165) is 19.0 Å². The van der Waals surface area contributed by atoms with Crippen LogP contribution in [0.5, 0.6) is 0 Å². The van der Waals surface area contributed by atoms with Crippen LogP contribution in [-0.2, 0) is 4.74 Å². The minimum atomic E-state index is -0.170. The molecule has 0 aliphatic heterocycles. The zero-order chi connectivity index (χ0) is 12.9. The molecule has 1 rings (SSSR count). The van der Waals surface area contributed by atoms with Crippen LogP contribution in [0.4, 0.5) is 5.82 Å². The van der Waals surface area contributed by atoms with Gasteiger partial charge in [0.1, 0.15) is 5.82 Å². The van der Waals surface area contributed by atoms with Crippen molar-refractivity contribution in [2.24, 2.45) is 5.92 Å². The van der Waals surface area contributed by atoms with Crippen molar-refractivity contribution in [2.45, 2.75) is 40.2 Å². The van der Waals surface area contributed by atoms with Gasteiger partial charge in [0.2, 0.25) is 0 Å². The van der Waals surface area contributed by atoms with Gasteiger partial charge in [-0.15, -0.1) is 0 Å². The first-order chi connectivity index (χ1) is 7.89. The molecule has 0 bridgehead atoms. The Hall–Kier alpha value is -1.09. The average Bonchev–Trinajstić information content (AvgIpc) is 2.26. The van der Waals surface area contributed by atoms with Crippen molar-refractivity contribution >= 4 is 5.82 Å². The second-order valence-electron chi connectivity index (χ2n) is 5.54. The second kappa shape index (κ2) is 6.01. The van der Waals surface area contributed by atoms with E-state index in [2.05, 4.69) is 44.1 Å². The summed E-state index contributed by atoms with van der Waals surface area (Å²) in [6.07, 6.45) is 1.87. The fourth-order valence-corrected chi connectivity index (χ4v) is 1.32. The topological polar surface area (TPSA) is 34.1 Å². The highest BCUT2D eigenvalue weighted by Gasteiger charge is 2.18. The summed E-state index contributed by atoms with van der Waals surface area (Å²) >= 11 is 0. The number of hydrogen-bond acceptors (Lipinski definition) is 3. The molecule has 1 heterocycles. The van der Waals surface area contributed by atoms with Gasteiger partial charge in [-0.25, -0.2) is 4.98 Å². The fourth-order valence-electron chi connectivity index (χ4n) is 1.32. The molecule has 3 nitrogen and oxygen atoms in total. The van der Waals surface area contributed by atoms with Gasteiger partial charge in [0, 0.05) is 19.3 Å². The summed E-state index contributed by atoms with van der Waals surface area (Å²) in [6.45, 7) is 12.1. The molecule has 0 fully saturated rings. The molecule has 1 N–H and O–H groups in total. The molecule has 0 aliphatic rings. The first kappa shape index (κ1) is 14.0. The lowest BCUT2D eigenvalue weighted by atomic mass is 10.1. The number of aromatic nitrogens is 1. The molecular formula is C14H24N2O. The van der Waals surface area contributed by atoms with Crippen LogP contribution in [0, 0.1) is 12.8 Å². The van der Waals surface area contributed by atoms with Crippen LogP contribution in [0.3, 0.4) is 0 Å². The normalized spacial score (nSPS) is 11.9. The molecule has 1 aromatic heterocycles. The fraction of sp³-hybridized carbons (Fsp3) is 0.643. The Kier molecular flexibility index (Phi) is 4.94. The maximum atomic E-state index is 5.85. The van der Waals surface area contributed by atoms with E-state index in [1.165, 1.54) is 5.56 Å². The third-order valence-electron chi connectivity index (χ3n) is 2.41. The van der Waals surface area contributed by atoms with Gasteiger partial charge in [-0.2, -0.15) is 0 Å². The summed E-state index contributed by atoms with van der Waals surface area (Å²) in [4.78, 5) is 4.31. The number of anilines is 1. The van der Waals surface area contributed by atoms with Crippen molar-refractivity contribution < 1.29 is 4.74 Å². The Morgan fingerprint density at radius 3 is 2.59 bits per heavy atom. The van der Waals surface area contributed by atoms with E-state index < -0.39 is 0 Å². The Bertz CT molecular complexity index is 331. The van der Waals surface area contributed by atoms with Crippen molar-refractivity contribution in [1.82, 2.24) is 4.98 Å². The lowest BCUT2D eigenvalue weighted by molar-refractivity contribution is -0.0208. The minimum Gasteiger partial charge on any atom is -0.373 e. The monoisotopic (exact) mass is 236 g/mol. The van der Waals surface area contributed by atoms with Crippen LogP contribution in [0.25, 0.3) is 0 Å². The van der Waals surface area contributed by atoms with Gasteiger partial charge in [0.15, 0.2) is 0 Å². The van der Waals surface area contributed by atoms with Gasteiger partial charge >= 0.3 is 0 Å². The number of ether oxygens (including phenoxy) is 1. The first-order valence-electron chi connectivity index (χ1n) is 6.19. The molecule has 0 spiro atoms. The molecule has 3 heteroatoms. The van der Waals surface area contributed by atoms with E-state index in [0.29, 0.717) is 5.92 Å². The van der Waals surface area contributed by atoms with Crippen molar-refractivity contribution in [3.63, 3.8) is 0 Å². The number of pyridine rings is 1. The van der Waals surface area contributed by atoms with Crippen molar-refractivity contribution in [2.75, 3.05) is 18.5 Å². The number of aryl methyl sites for hydroxylation is 1. The molecule has 0 saturated carbocycles. The van der Waals surface area contributed by atoms with Crippen LogP contribution in [-0.4, -0.2) is 23.7 Å². The molecule has 0 atom stereocenters. The maximum absolute atomic E-state index is 5.85. The molecule has 1 aromatic rings. The van der Waals surface area contributed by atoms with Gasteiger partial charge in [-0.1, -0.05) is 19.9 Å². The van der Waals surface area contributed by atoms with E-state index in [9.17, 15) is 0 Å². The van der Waals surface area contributed by atoms with E-state index in [1.807, 2.05) is 19.2 Å². The predicted octanol–water partition coefficient (Wildman–Crippen LogP) is 3.25.